The molecule has 8 nitrogen and oxygen atoms in total. The molecule has 0 atom stereocenters. The van der Waals surface area contributed by atoms with Crippen LogP contribution in [0, 0.1) is 6.92 Å². The van der Waals surface area contributed by atoms with E-state index in [2.05, 4.69) is 41.5 Å². The van der Waals surface area contributed by atoms with Gasteiger partial charge < -0.3 is 15.1 Å². The third-order valence-electron chi connectivity index (χ3n) is 3.24. The van der Waals surface area contributed by atoms with Gasteiger partial charge in [0, 0.05) is 31.5 Å². The average Bonchev–Trinajstić information content (AvgIpc) is 3.20. The largest absolute Gasteiger partial charge is 0.444 e. The zero-order valence-corrected chi connectivity index (χ0v) is 14.4. The van der Waals surface area contributed by atoms with Gasteiger partial charge in [-0.2, -0.15) is 0 Å². The first kappa shape index (κ1) is 16.2. The quantitative estimate of drug-likeness (QED) is 0.625. The monoisotopic (exact) mass is 390 g/mol. The number of anilines is 1. The molecule has 0 unspecified atom stereocenters. The molecule has 3 aromatic heterocycles. The first-order valence-corrected chi connectivity index (χ1v) is 8.02. The number of amides is 1. The fraction of sp³-hybridized carbons (Fsp3) is 0.200. The van der Waals surface area contributed by atoms with Crippen LogP contribution in [0.1, 0.15) is 16.4 Å². The second kappa shape index (κ2) is 7.26. The smallest absolute Gasteiger partial charge is 0.287 e. The van der Waals surface area contributed by atoms with E-state index in [-0.39, 0.29) is 11.7 Å². The maximum atomic E-state index is 11.8. The lowest BCUT2D eigenvalue weighted by atomic mass is 10.4. The van der Waals surface area contributed by atoms with Crippen molar-refractivity contribution < 1.29 is 9.21 Å². The van der Waals surface area contributed by atoms with E-state index in [1.54, 1.807) is 18.3 Å². The molecule has 0 saturated carbocycles. The summed E-state index contributed by atoms with van der Waals surface area (Å²) < 4.78 is 7.57. The van der Waals surface area contributed by atoms with E-state index >= 15 is 0 Å². The number of carbonyl (C=O) groups excluding carboxylic acids is 1. The van der Waals surface area contributed by atoms with Gasteiger partial charge in [-0.05, 0) is 35.0 Å². The van der Waals surface area contributed by atoms with Gasteiger partial charge in [-0.25, -0.2) is 15.0 Å². The molecule has 0 radical (unpaired) electrons. The van der Waals surface area contributed by atoms with E-state index in [9.17, 15) is 4.79 Å². The molecule has 3 aromatic rings. The molecule has 2 N–H and O–H groups in total. The van der Waals surface area contributed by atoms with Crippen LogP contribution in [0.5, 0.6) is 0 Å². The van der Waals surface area contributed by atoms with Crippen LogP contribution in [0.25, 0.3) is 5.82 Å². The predicted molar refractivity (Wildman–Crippen MR) is 91.1 cm³/mol. The zero-order valence-electron chi connectivity index (χ0n) is 12.9. The molecule has 9 heteroatoms. The molecule has 0 saturated heterocycles. The lowest BCUT2D eigenvalue weighted by molar-refractivity contribution is 0.0926. The Morgan fingerprint density at radius 1 is 1.29 bits per heavy atom. The van der Waals surface area contributed by atoms with Crippen molar-refractivity contribution in [3.05, 3.63) is 53.2 Å². The molecule has 1 amide bonds. The van der Waals surface area contributed by atoms with Crippen molar-refractivity contribution in [3.8, 4) is 5.82 Å². The summed E-state index contributed by atoms with van der Waals surface area (Å²) >= 11 is 3.16. The fourth-order valence-electron chi connectivity index (χ4n) is 2.09. The highest BCUT2D eigenvalue weighted by Gasteiger charge is 2.09. The van der Waals surface area contributed by atoms with Crippen molar-refractivity contribution in [3.63, 3.8) is 0 Å². The van der Waals surface area contributed by atoms with Crippen LogP contribution in [-0.2, 0) is 0 Å². The van der Waals surface area contributed by atoms with Gasteiger partial charge in [-0.3, -0.25) is 9.36 Å². The minimum atomic E-state index is -0.264. The molecular weight excluding hydrogens is 376 g/mol. The minimum absolute atomic E-state index is 0.264. The zero-order chi connectivity index (χ0) is 16.9. The predicted octanol–water partition coefficient (Wildman–Crippen LogP) is 2.17. The van der Waals surface area contributed by atoms with Crippen LogP contribution in [0.3, 0.4) is 0 Å². The van der Waals surface area contributed by atoms with Crippen LogP contribution in [0.15, 0.2) is 46.0 Å². The number of hydrogen-bond donors (Lipinski definition) is 2. The highest BCUT2D eigenvalue weighted by molar-refractivity contribution is 9.10. The van der Waals surface area contributed by atoms with E-state index < -0.39 is 0 Å². The summed E-state index contributed by atoms with van der Waals surface area (Å²) in [5, 5.41) is 5.90. The molecule has 0 aliphatic heterocycles. The van der Waals surface area contributed by atoms with Crippen molar-refractivity contribution in [2.75, 3.05) is 18.4 Å². The van der Waals surface area contributed by atoms with Crippen LogP contribution in [0.2, 0.25) is 0 Å². The molecule has 3 heterocycles. The lowest BCUT2D eigenvalue weighted by Crippen LogP contribution is -2.28. The van der Waals surface area contributed by atoms with Crippen molar-refractivity contribution in [2.45, 2.75) is 6.92 Å². The van der Waals surface area contributed by atoms with E-state index in [1.165, 1.54) is 6.33 Å². The number of nitrogens with zero attached hydrogens (tertiary/aromatic N) is 4. The molecule has 0 fully saturated rings. The Bertz CT molecular complexity index is 844. The minimum Gasteiger partial charge on any atom is -0.444 e. The third-order valence-corrected chi connectivity index (χ3v) is 3.67. The Hall–Kier alpha value is -2.68. The highest BCUT2D eigenvalue weighted by Crippen LogP contribution is 2.13. The SMILES string of the molecule is Cc1nccn1-c1cc(NCCNC(=O)c2ccc(Br)o2)ncn1. The number of carbonyl (C=O) groups is 1. The summed E-state index contributed by atoms with van der Waals surface area (Å²) in [6.45, 7) is 2.85. The molecule has 0 spiro atoms. The molecule has 0 bridgehead atoms. The van der Waals surface area contributed by atoms with Gasteiger partial charge in [0.1, 0.15) is 23.8 Å². The standard InChI is InChI=1S/C15H15BrN6O2/c1-10-17-6-7-22(10)14-8-13(20-9-21-14)18-4-5-19-15(23)11-2-3-12(16)24-11/h2-3,6-9H,4-5H2,1H3,(H,19,23)(H,18,20,21). The van der Waals surface area contributed by atoms with Gasteiger partial charge in [-0.15, -0.1) is 0 Å². The molecule has 24 heavy (non-hydrogen) atoms. The summed E-state index contributed by atoms with van der Waals surface area (Å²) in [4.78, 5) is 24.4. The second-order valence-electron chi connectivity index (χ2n) is 4.89. The average molecular weight is 391 g/mol. The van der Waals surface area contributed by atoms with Crippen LogP contribution < -0.4 is 10.6 Å². The third kappa shape index (κ3) is 3.80. The van der Waals surface area contributed by atoms with E-state index in [0.717, 1.165) is 11.6 Å². The molecule has 0 aliphatic rings. The molecule has 3 rings (SSSR count). The Morgan fingerprint density at radius 3 is 2.88 bits per heavy atom. The van der Waals surface area contributed by atoms with Crippen molar-refractivity contribution >= 4 is 27.7 Å². The van der Waals surface area contributed by atoms with Crippen LogP contribution >= 0.6 is 15.9 Å². The number of aromatic nitrogens is 4. The van der Waals surface area contributed by atoms with Gasteiger partial charge in [0.25, 0.3) is 5.91 Å². The normalized spacial score (nSPS) is 10.6. The number of imidazole rings is 1. The summed E-state index contributed by atoms with van der Waals surface area (Å²) in [5.41, 5.74) is 0. The number of aryl methyl sites for hydroxylation is 1. The van der Waals surface area contributed by atoms with Gasteiger partial charge in [0.15, 0.2) is 10.4 Å². The summed E-state index contributed by atoms with van der Waals surface area (Å²) in [7, 11) is 0. The number of furan rings is 1. The maximum absolute atomic E-state index is 11.8. The molecule has 0 aliphatic carbocycles. The highest BCUT2D eigenvalue weighted by atomic mass is 79.9. The Labute approximate surface area is 146 Å². The Balaban J connectivity index is 1.52. The molecular formula is C15H15BrN6O2. The second-order valence-corrected chi connectivity index (χ2v) is 5.67. The summed E-state index contributed by atoms with van der Waals surface area (Å²) in [6, 6.07) is 5.10. The molecule has 124 valence electrons. The molecule has 0 aromatic carbocycles. The van der Waals surface area contributed by atoms with Gasteiger partial charge in [0.05, 0.1) is 0 Å². The first-order chi connectivity index (χ1) is 11.6. The van der Waals surface area contributed by atoms with Crippen LogP contribution in [0.4, 0.5) is 5.82 Å². The van der Waals surface area contributed by atoms with E-state index in [4.69, 9.17) is 4.42 Å². The summed E-state index contributed by atoms with van der Waals surface area (Å²) in [6.07, 6.45) is 5.03. The first-order valence-electron chi connectivity index (χ1n) is 7.23. The Morgan fingerprint density at radius 2 is 2.17 bits per heavy atom. The fourth-order valence-corrected chi connectivity index (χ4v) is 2.39. The topological polar surface area (TPSA) is 97.9 Å². The number of halogens is 1. The van der Waals surface area contributed by atoms with Crippen molar-refractivity contribution in [1.82, 2.24) is 24.8 Å². The number of rotatable bonds is 6. The number of hydrogen-bond acceptors (Lipinski definition) is 6. The van der Waals surface area contributed by atoms with Crippen molar-refractivity contribution in [2.24, 2.45) is 0 Å². The van der Waals surface area contributed by atoms with Gasteiger partial charge >= 0.3 is 0 Å². The van der Waals surface area contributed by atoms with Gasteiger partial charge in [0.2, 0.25) is 0 Å². The summed E-state index contributed by atoms with van der Waals surface area (Å²) in [5.74, 6) is 2.24. The van der Waals surface area contributed by atoms with Crippen molar-refractivity contribution in [1.29, 1.82) is 0 Å². The van der Waals surface area contributed by atoms with Gasteiger partial charge in [-0.1, -0.05) is 0 Å². The lowest BCUT2D eigenvalue weighted by Gasteiger charge is -2.08. The number of nitrogens with one attached hydrogen (secondary N) is 2. The Kier molecular flexibility index (Phi) is 4.90. The van der Waals surface area contributed by atoms with E-state index in [1.807, 2.05) is 23.8 Å². The van der Waals surface area contributed by atoms with E-state index in [0.29, 0.717) is 23.6 Å². The maximum Gasteiger partial charge on any atom is 0.287 e. The van der Waals surface area contributed by atoms with Crippen LogP contribution in [-0.4, -0.2) is 38.5 Å².